The largest absolute Gasteiger partial charge is 0.497 e. The topological polar surface area (TPSA) is 71.1 Å². The second kappa shape index (κ2) is 9.82. The molecule has 140 valence electrons. The van der Waals surface area contributed by atoms with Crippen molar-refractivity contribution in [3.63, 3.8) is 0 Å². The summed E-state index contributed by atoms with van der Waals surface area (Å²) >= 11 is 0. The number of ether oxygens (including phenoxy) is 4. The Morgan fingerprint density at radius 1 is 0.963 bits per heavy atom. The van der Waals surface area contributed by atoms with Gasteiger partial charge in [-0.3, -0.25) is 0 Å². The van der Waals surface area contributed by atoms with Crippen LogP contribution >= 0.6 is 0 Å². The first-order chi connectivity index (χ1) is 13.0. The standard InChI is InChI=1S/C21H20O6/c1-15(2)21(23)26-14-25-18-7-4-16(5-8-18)6-13-20(22)27-19-11-9-17(24-3)10-12-19/h4-13H,1,14H2,2-3H3/b13-6+. The van der Waals surface area contributed by atoms with Crippen molar-refractivity contribution in [2.45, 2.75) is 6.92 Å². The van der Waals surface area contributed by atoms with Gasteiger partial charge < -0.3 is 18.9 Å². The molecule has 0 aliphatic rings. The number of hydrogen-bond donors (Lipinski definition) is 0. The minimum absolute atomic E-state index is 0.199. The Hall–Kier alpha value is -3.54. The summed E-state index contributed by atoms with van der Waals surface area (Å²) in [5, 5.41) is 0. The van der Waals surface area contributed by atoms with Crippen LogP contribution in [-0.4, -0.2) is 25.8 Å². The third-order valence-electron chi connectivity index (χ3n) is 3.33. The average Bonchev–Trinajstić information content (AvgIpc) is 2.67. The minimum Gasteiger partial charge on any atom is -0.497 e. The molecule has 0 N–H and O–H groups in total. The number of carbonyl (C=O) groups excluding carboxylic acids is 2. The van der Waals surface area contributed by atoms with E-state index in [1.165, 1.54) is 6.08 Å². The van der Waals surface area contributed by atoms with E-state index in [2.05, 4.69) is 6.58 Å². The molecule has 0 bridgehead atoms. The quantitative estimate of drug-likeness (QED) is 0.306. The molecule has 2 rings (SSSR count). The second-order valence-electron chi connectivity index (χ2n) is 5.47. The summed E-state index contributed by atoms with van der Waals surface area (Å²) < 4.78 is 20.4. The lowest BCUT2D eigenvalue weighted by atomic mass is 10.2. The van der Waals surface area contributed by atoms with E-state index in [-0.39, 0.29) is 6.79 Å². The molecule has 6 heteroatoms. The van der Waals surface area contributed by atoms with E-state index in [1.54, 1.807) is 68.6 Å². The molecule has 0 aliphatic carbocycles. The summed E-state index contributed by atoms with van der Waals surface area (Å²) in [4.78, 5) is 23.1. The normalized spacial score (nSPS) is 10.3. The molecule has 0 aliphatic heterocycles. The highest BCUT2D eigenvalue weighted by Crippen LogP contribution is 2.17. The maximum absolute atomic E-state index is 11.8. The first kappa shape index (κ1) is 19.8. The maximum atomic E-state index is 11.8. The van der Waals surface area contributed by atoms with Gasteiger partial charge in [0.15, 0.2) is 0 Å². The number of esters is 2. The summed E-state index contributed by atoms with van der Waals surface area (Å²) in [5.41, 5.74) is 1.09. The third-order valence-corrected chi connectivity index (χ3v) is 3.33. The van der Waals surface area contributed by atoms with Gasteiger partial charge >= 0.3 is 11.9 Å². The van der Waals surface area contributed by atoms with E-state index >= 15 is 0 Å². The highest BCUT2D eigenvalue weighted by Gasteiger charge is 2.03. The molecule has 0 saturated carbocycles. The molecule has 2 aromatic rings. The Morgan fingerprint density at radius 3 is 2.15 bits per heavy atom. The molecule has 0 spiro atoms. The number of methoxy groups -OCH3 is 1. The summed E-state index contributed by atoms with van der Waals surface area (Å²) in [6.45, 7) is 4.84. The Kier molecular flexibility index (Phi) is 7.19. The Bertz CT molecular complexity index is 819. The zero-order valence-corrected chi connectivity index (χ0v) is 15.1. The molecule has 0 aromatic heterocycles. The van der Waals surface area contributed by atoms with Crippen LogP contribution < -0.4 is 14.2 Å². The van der Waals surface area contributed by atoms with Crippen LogP contribution in [0.4, 0.5) is 0 Å². The summed E-state index contributed by atoms with van der Waals surface area (Å²) in [6.07, 6.45) is 2.95. The highest BCUT2D eigenvalue weighted by atomic mass is 16.7. The summed E-state index contributed by atoms with van der Waals surface area (Å²) in [5.74, 6) is 0.639. The fraction of sp³-hybridized carbons (Fsp3) is 0.143. The molecule has 0 fully saturated rings. The zero-order valence-electron chi connectivity index (χ0n) is 15.1. The second-order valence-corrected chi connectivity index (χ2v) is 5.47. The molecule has 27 heavy (non-hydrogen) atoms. The number of benzene rings is 2. The minimum atomic E-state index is -0.509. The van der Waals surface area contributed by atoms with E-state index in [4.69, 9.17) is 18.9 Å². The van der Waals surface area contributed by atoms with Gasteiger partial charge in [-0.05, 0) is 55.0 Å². The van der Waals surface area contributed by atoms with Crippen molar-refractivity contribution in [2.24, 2.45) is 0 Å². The lowest BCUT2D eigenvalue weighted by molar-refractivity contribution is -0.145. The molecule has 0 atom stereocenters. The van der Waals surface area contributed by atoms with Crippen molar-refractivity contribution in [3.8, 4) is 17.2 Å². The van der Waals surface area contributed by atoms with Crippen LogP contribution in [0.15, 0.2) is 66.8 Å². The lowest BCUT2D eigenvalue weighted by Gasteiger charge is -2.07. The monoisotopic (exact) mass is 368 g/mol. The Labute approximate surface area is 157 Å². The van der Waals surface area contributed by atoms with Crippen LogP contribution in [0.3, 0.4) is 0 Å². The van der Waals surface area contributed by atoms with Gasteiger partial charge in [-0.2, -0.15) is 0 Å². The van der Waals surface area contributed by atoms with Gasteiger partial charge in [0.1, 0.15) is 17.2 Å². The smallest absolute Gasteiger partial charge is 0.336 e. The van der Waals surface area contributed by atoms with E-state index < -0.39 is 11.9 Å². The molecule has 6 nitrogen and oxygen atoms in total. The highest BCUT2D eigenvalue weighted by molar-refractivity contribution is 5.88. The van der Waals surface area contributed by atoms with Crippen molar-refractivity contribution >= 4 is 18.0 Å². The fourth-order valence-corrected chi connectivity index (χ4v) is 1.91. The van der Waals surface area contributed by atoms with E-state index in [0.717, 1.165) is 5.56 Å². The lowest BCUT2D eigenvalue weighted by Crippen LogP contribution is -2.10. The van der Waals surface area contributed by atoms with Crippen molar-refractivity contribution in [1.82, 2.24) is 0 Å². The molecule has 0 saturated heterocycles. The molecular formula is C21H20O6. The third kappa shape index (κ3) is 6.70. The van der Waals surface area contributed by atoms with Gasteiger partial charge in [0, 0.05) is 11.6 Å². The van der Waals surface area contributed by atoms with Crippen molar-refractivity contribution in [2.75, 3.05) is 13.9 Å². The average molecular weight is 368 g/mol. The molecule has 0 unspecified atom stereocenters. The van der Waals surface area contributed by atoms with Crippen LogP contribution in [0.5, 0.6) is 17.2 Å². The summed E-state index contributed by atoms with van der Waals surface area (Å²) in [6, 6.07) is 13.6. The number of rotatable bonds is 8. The van der Waals surface area contributed by atoms with Gasteiger partial charge in [0.25, 0.3) is 0 Å². The van der Waals surface area contributed by atoms with Crippen molar-refractivity contribution in [1.29, 1.82) is 0 Å². The van der Waals surface area contributed by atoms with Crippen molar-refractivity contribution in [3.05, 3.63) is 72.3 Å². The number of carbonyl (C=O) groups is 2. The zero-order chi connectivity index (χ0) is 19.6. The fourth-order valence-electron chi connectivity index (χ4n) is 1.91. The van der Waals surface area contributed by atoms with E-state index in [0.29, 0.717) is 22.8 Å². The summed E-state index contributed by atoms with van der Waals surface area (Å²) in [7, 11) is 1.56. The molecule has 0 radical (unpaired) electrons. The molecular weight excluding hydrogens is 348 g/mol. The SMILES string of the molecule is C=C(C)C(=O)OCOc1ccc(/C=C/C(=O)Oc2ccc(OC)cc2)cc1. The number of hydrogen-bond acceptors (Lipinski definition) is 6. The van der Waals surface area contributed by atoms with Crippen LogP contribution in [0.25, 0.3) is 6.08 Å². The molecule has 0 amide bonds. The molecule has 0 heterocycles. The van der Waals surface area contributed by atoms with Crippen LogP contribution in [0.1, 0.15) is 12.5 Å². The van der Waals surface area contributed by atoms with Crippen molar-refractivity contribution < 1.29 is 28.5 Å². The predicted molar refractivity (Wildman–Crippen MR) is 101 cm³/mol. The van der Waals surface area contributed by atoms with Gasteiger partial charge in [0.2, 0.25) is 6.79 Å². The van der Waals surface area contributed by atoms with Gasteiger partial charge in [-0.25, -0.2) is 9.59 Å². The first-order valence-corrected chi connectivity index (χ1v) is 8.07. The van der Waals surface area contributed by atoms with E-state index in [9.17, 15) is 9.59 Å². The predicted octanol–water partition coefficient (Wildman–Crippen LogP) is 3.77. The van der Waals surface area contributed by atoms with E-state index in [1.807, 2.05) is 0 Å². The first-order valence-electron chi connectivity index (χ1n) is 8.07. The van der Waals surface area contributed by atoms with Crippen LogP contribution in [0.2, 0.25) is 0 Å². The van der Waals surface area contributed by atoms with Crippen LogP contribution in [0, 0.1) is 0 Å². The Morgan fingerprint density at radius 2 is 1.56 bits per heavy atom. The van der Waals surface area contributed by atoms with Gasteiger partial charge in [-0.15, -0.1) is 0 Å². The molecule has 2 aromatic carbocycles. The Balaban J connectivity index is 1.82. The van der Waals surface area contributed by atoms with Gasteiger partial charge in [-0.1, -0.05) is 18.7 Å². The van der Waals surface area contributed by atoms with Crippen LogP contribution in [-0.2, 0) is 14.3 Å². The maximum Gasteiger partial charge on any atom is 0.336 e. The van der Waals surface area contributed by atoms with Gasteiger partial charge in [0.05, 0.1) is 7.11 Å².